The van der Waals surface area contributed by atoms with Gasteiger partial charge in [-0.25, -0.2) is 13.2 Å². The van der Waals surface area contributed by atoms with Crippen molar-refractivity contribution < 1.29 is 23.1 Å². The van der Waals surface area contributed by atoms with Crippen LogP contribution in [0.4, 0.5) is 0 Å². The number of carbonyl (C=O) groups excluding carboxylic acids is 1. The summed E-state index contributed by atoms with van der Waals surface area (Å²) >= 11 is 1.70. The molecule has 1 fully saturated rings. The average molecular weight is 361 g/mol. The predicted octanol–water partition coefficient (Wildman–Crippen LogP) is 0.345. The largest absolute Gasteiger partial charge is 0.480 e. The van der Waals surface area contributed by atoms with Gasteiger partial charge in [0.05, 0.1) is 0 Å². The van der Waals surface area contributed by atoms with Crippen LogP contribution in [0.15, 0.2) is 17.2 Å². The highest BCUT2D eigenvalue weighted by Crippen LogP contribution is 2.20. The van der Waals surface area contributed by atoms with Crippen molar-refractivity contribution in [2.75, 3.05) is 24.6 Å². The van der Waals surface area contributed by atoms with Crippen LogP contribution < -0.4 is 5.32 Å². The Bertz CT molecular complexity index is 680. The van der Waals surface area contributed by atoms with Gasteiger partial charge in [-0.05, 0) is 12.5 Å². The minimum Gasteiger partial charge on any atom is -0.480 e. The second-order valence-corrected chi connectivity index (χ2v) is 8.20. The highest BCUT2D eigenvalue weighted by Gasteiger charge is 2.28. The van der Waals surface area contributed by atoms with Crippen LogP contribution in [-0.4, -0.2) is 65.3 Å². The third-order valence-electron chi connectivity index (χ3n) is 3.52. The number of aromatic amines is 1. The summed E-state index contributed by atoms with van der Waals surface area (Å²) in [6, 6.07) is 0.228. The number of hydrogen-bond donors (Lipinski definition) is 3. The minimum atomic E-state index is -3.63. The van der Waals surface area contributed by atoms with Gasteiger partial charge in [0.25, 0.3) is 5.91 Å². The fourth-order valence-electron chi connectivity index (χ4n) is 2.16. The first-order valence-corrected chi connectivity index (χ1v) is 9.75. The van der Waals surface area contributed by atoms with Crippen LogP contribution in [0, 0.1) is 0 Å². The summed E-state index contributed by atoms with van der Waals surface area (Å²) in [5, 5.41) is 11.3. The molecule has 1 atom stereocenters. The molecule has 1 unspecified atom stereocenters. The highest BCUT2D eigenvalue weighted by molar-refractivity contribution is 7.99. The number of hydrogen-bond acceptors (Lipinski definition) is 5. The summed E-state index contributed by atoms with van der Waals surface area (Å²) in [6.07, 6.45) is 1.49. The zero-order chi connectivity index (χ0) is 17.0. The van der Waals surface area contributed by atoms with E-state index in [4.69, 9.17) is 5.11 Å². The number of carbonyl (C=O) groups is 2. The Morgan fingerprint density at radius 2 is 2.09 bits per heavy atom. The maximum atomic E-state index is 12.5. The van der Waals surface area contributed by atoms with Gasteiger partial charge in [-0.2, -0.15) is 16.1 Å². The Kier molecular flexibility index (Phi) is 5.71. The first-order valence-electron chi connectivity index (χ1n) is 7.16. The van der Waals surface area contributed by atoms with E-state index in [1.807, 2.05) is 0 Å². The van der Waals surface area contributed by atoms with E-state index in [1.165, 1.54) is 16.6 Å². The Labute approximate surface area is 138 Å². The lowest BCUT2D eigenvalue weighted by Gasteiger charge is -2.24. The highest BCUT2D eigenvalue weighted by atomic mass is 32.2. The molecule has 10 heteroatoms. The van der Waals surface area contributed by atoms with Crippen molar-refractivity contribution in [2.45, 2.75) is 24.3 Å². The molecule has 8 nitrogen and oxygen atoms in total. The van der Waals surface area contributed by atoms with Crippen molar-refractivity contribution in [3.8, 4) is 0 Å². The van der Waals surface area contributed by atoms with E-state index in [9.17, 15) is 18.0 Å². The number of H-pyrrole nitrogens is 1. The SMILES string of the molecule is CCC(NC(=O)c1cc(S(=O)(=O)N2CCSCC2)c[nH]1)C(=O)O. The molecule has 0 bridgehead atoms. The van der Waals surface area contributed by atoms with Gasteiger partial charge in [0.15, 0.2) is 0 Å². The van der Waals surface area contributed by atoms with Crippen LogP contribution in [0.3, 0.4) is 0 Å². The monoisotopic (exact) mass is 361 g/mol. The van der Waals surface area contributed by atoms with Crippen LogP contribution >= 0.6 is 11.8 Å². The number of carboxylic acid groups (broad SMARTS) is 1. The molecule has 0 aliphatic carbocycles. The van der Waals surface area contributed by atoms with Crippen molar-refractivity contribution in [3.63, 3.8) is 0 Å². The van der Waals surface area contributed by atoms with Gasteiger partial charge in [0, 0.05) is 30.8 Å². The quantitative estimate of drug-likeness (QED) is 0.672. The van der Waals surface area contributed by atoms with Crippen LogP contribution in [-0.2, 0) is 14.8 Å². The lowest BCUT2D eigenvalue weighted by molar-refractivity contribution is -0.139. The Balaban J connectivity index is 2.13. The molecule has 0 aromatic carbocycles. The minimum absolute atomic E-state index is 0.0120. The predicted molar refractivity (Wildman–Crippen MR) is 86.1 cm³/mol. The molecule has 128 valence electrons. The third-order valence-corrected chi connectivity index (χ3v) is 6.34. The summed E-state index contributed by atoms with van der Waals surface area (Å²) in [7, 11) is -3.63. The molecule has 0 radical (unpaired) electrons. The second-order valence-electron chi connectivity index (χ2n) is 5.04. The maximum Gasteiger partial charge on any atom is 0.326 e. The summed E-state index contributed by atoms with van der Waals surface area (Å²) in [5.74, 6) is -0.289. The van der Waals surface area contributed by atoms with E-state index < -0.39 is 27.9 Å². The molecule has 1 aliphatic heterocycles. The number of nitrogens with one attached hydrogen (secondary N) is 2. The number of rotatable bonds is 6. The van der Waals surface area contributed by atoms with E-state index >= 15 is 0 Å². The lowest BCUT2D eigenvalue weighted by atomic mass is 10.2. The standard InChI is InChI=1S/C13H19N3O5S2/c1-2-10(13(18)19)15-12(17)11-7-9(8-14-11)23(20,21)16-3-5-22-6-4-16/h7-8,10,14H,2-6H2,1H3,(H,15,17)(H,18,19). The summed E-state index contributed by atoms with van der Waals surface area (Å²) in [5.41, 5.74) is 0.0228. The molecular formula is C13H19N3O5S2. The summed E-state index contributed by atoms with van der Waals surface area (Å²) < 4.78 is 26.4. The average Bonchev–Trinajstić information content (AvgIpc) is 3.03. The zero-order valence-corrected chi connectivity index (χ0v) is 14.2. The maximum absolute atomic E-state index is 12.5. The molecule has 23 heavy (non-hydrogen) atoms. The van der Waals surface area contributed by atoms with Crippen molar-refractivity contribution in [3.05, 3.63) is 18.0 Å². The van der Waals surface area contributed by atoms with E-state index in [0.717, 1.165) is 11.5 Å². The number of carboxylic acids is 1. The number of aliphatic carboxylic acids is 1. The number of nitrogens with zero attached hydrogens (tertiary/aromatic N) is 1. The summed E-state index contributed by atoms with van der Waals surface area (Å²) in [6.45, 7) is 2.52. The first-order chi connectivity index (χ1) is 10.9. The summed E-state index contributed by atoms with van der Waals surface area (Å²) in [4.78, 5) is 25.6. The number of amides is 1. The smallest absolute Gasteiger partial charge is 0.326 e. The third kappa shape index (κ3) is 4.06. The van der Waals surface area contributed by atoms with Gasteiger partial charge in [-0.3, -0.25) is 4.79 Å². The Hall–Kier alpha value is -1.52. The van der Waals surface area contributed by atoms with Crippen molar-refractivity contribution in [2.24, 2.45) is 0 Å². The van der Waals surface area contributed by atoms with Gasteiger partial charge in [0.2, 0.25) is 10.0 Å². The molecule has 1 aliphatic rings. The van der Waals surface area contributed by atoms with Crippen molar-refractivity contribution in [1.82, 2.24) is 14.6 Å². The van der Waals surface area contributed by atoms with Gasteiger partial charge >= 0.3 is 5.97 Å². The van der Waals surface area contributed by atoms with Crippen LogP contribution in [0.5, 0.6) is 0 Å². The number of aromatic nitrogens is 1. The zero-order valence-electron chi connectivity index (χ0n) is 12.6. The van der Waals surface area contributed by atoms with Gasteiger partial charge < -0.3 is 15.4 Å². The normalized spacial score (nSPS) is 17.6. The molecule has 1 saturated heterocycles. The number of sulfonamides is 1. The fraction of sp³-hybridized carbons (Fsp3) is 0.538. The second kappa shape index (κ2) is 7.37. The molecule has 1 aromatic heterocycles. The molecule has 3 N–H and O–H groups in total. The first kappa shape index (κ1) is 17.8. The van der Waals surface area contributed by atoms with E-state index in [-0.39, 0.29) is 17.0 Å². The van der Waals surface area contributed by atoms with E-state index in [2.05, 4.69) is 10.3 Å². The van der Waals surface area contributed by atoms with Crippen LogP contribution in [0.2, 0.25) is 0 Å². The van der Waals surface area contributed by atoms with Gasteiger partial charge in [-0.15, -0.1) is 0 Å². The Morgan fingerprint density at radius 3 is 2.65 bits per heavy atom. The van der Waals surface area contributed by atoms with Crippen LogP contribution in [0.25, 0.3) is 0 Å². The van der Waals surface area contributed by atoms with Gasteiger partial charge in [-0.1, -0.05) is 6.92 Å². The van der Waals surface area contributed by atoms with Crippen molar-refractivity contribution in [1.29, 1.82) is 0 Å². The topological polar surface area (TPSA) is 120 Å². The van der Waals surface area contributed by atoms with Crippen molar-refractivity contribution >= 4 is 33.7 Å². The number of thioether (sulfide) groups is 1. The molecular weight excluding hydrogens is 342 g/mol. The Morgan fingerprint density at radius 1 is 1.43 bits per heavy atom. The van der Waals surface area contributed by atoms with Crippen LogP contribution in [0.1, 0.15) is 23.8 Å². The molecule has 2 rings (SSSR count). The van der Waals surface area contributed by atoms with E-state index in [1.54, 1.807) is 18.7 Å². The molecule has 2 heterocycles. The lowest BCUT2D eigenvalue weighted by Crippen LogP contribution is -2.40. The molecule has 0 spiro atoms. The fourth-order valence-corrected chi connectivity index (χ4v) is 4.74. The molecule has 0 saturated carbocycles. The van der Waals surface area contributed by atoms with Gasteiger partial charge in [0.1, 0.15) is 16.6 Å². The molecule has 1 amide bonds. The molecule has 1 aromatic rings. The van der Waals surface area contributed by atoms with E-state index in [0.29, 0.717) is 13.1 Å².